The summed E-state index contributed by atoms with van der Waals surface area (Å²) in [5.41, 5.74) is 3.29. The van der Waals surface area contributed by atoms with Gasteiger partial charge >= 0.3 is 0 Å². The monoisotopic (exact) mass is 212 g/mol. The molecule has 0 atom stereocenters. The third-order valence-electron chi connectivity index (χ3n) is 1.85. The molecule has 0 radical (unpaired) electrons. The van der Waals surface area contributed by atoms with Crippen molar-refractivity contribution in [3.63, 3.8) is 0 Å². The van der Waals surface area contributed by atoms with E-state index in [2.05, 4.69) is 20.4 Å². The predicted molar refractivity (Wildman–Crippen MR) is 56.4 cm³/mol. The Morgan fingerprint density at radius 3 is 1.71 bits per heavy atom. The number of halogens is 1. The number of H-pyrrole nitrogens is 2. The van der Waals surface area contributed by atoms with E-state index in [1.807, 2.05) is 27.0 Å². The van der Waals surface area contributed by atoms with Crippen molar-refractivity contribution in [1.29, 1.82) is 0 Å². The van der Waals surface area contributed by atoms with Gasteiger partial charge in [0.25, 0.3) is 0 Å². The number of nitrogens with one attached hydrogen (secondary N) is 2. The highest BCUT2D eigenvalue weighted by Crippen LogP contribution is 2.07. The Morgan fingerprint density at radius 2 is 1.57 bits per heavy atom. The van der Waals surface area contributed by atoms with Crippen molar-refractivity contribution >= 4 is 11.6 Å². The largest absolute Gasteiger partial charge is 0.283 e. The van der Waals surface area contributed by atoms with Gasteiger partial charge in [-0.25, -0.2) is 0 Å². The molecule has 0 bridgehead atoms. The van der Waals surface area contributed by atoms with Gasteiger partial charge in [0.05, 0.1) is 23.1 Å². The van der Waals surface area contributed by atoms with Gasteiger partial charge in [0.1, 0.15) is 0 Å². The Labute approximate surface area is 87.7 Å². The van der Waals surface area contributed by atoms with Crippen LogP contribution in [0, 0.1) is 20.8 Å². The van der Waals surface area contributed by atoms with Crippen LogP contribution < -0.4 is 0 Å². The van der Waals surface area contributed by atoms with Crippen LogP contribution in [0.25, 0.3) is 0 Å². The molecule has 0 saturated carbocycles. The third kappa shape index (κ3) is 2.88. The molecule has 0 saturated heterocycles. The van der Waals surface area contributed by atoms with Crippen LogP contribution in [0.3, 0.4) is 0 Å². The van der Waals surface area contributed by atoms with Crippen molar-refractivity contribution < 1.29 is 0 Å². The van der Waals surface area contributed by atoms with E-state index < -0.39 is 0 Å². The van der Waals surface area contributed by atoms with Crippen LogP contribution in [0.5, 0.6) is 0 Å². The summed E-state index contributed by atoms with van der Waals surface area (Å²) < 4.78 is 0. The SMILES string of the molecule is Cc1[nH]ncc1Cl.Cc1cn[nH]c1C. The molecule has 0 aromatic carbocycles. The summed E-state index contributed by atoms with van der Waals surface area (Å²) in [5, 5.41) is 13.7. The number of nitrogens with zero attached hydrogens (tertiary/aromatic N) is 2. The molecule has 14 heavy (non-hydrogen) atoms. The molecule has 2 aromatic rings. The summed E-state index contributed by atoms with van der Waals surface area (Å²) in [5.74, 6) is 0. The fourth-order valence-corrected chi connectivity index (χ4v) is 0.838. The van der Waals surface area contributed by atoms with Crippen molar-refractivity contribution in [2.45, 2.75) is 20.8 Å². The van der Waals surface area contributed by atoms with Crippen LogP contribution in [0.15, 0.2) is 12.4 Å². The Kier molecular flexibility index (Phi) is 3.71. The highest BCUT2D eigenvalue weighted by atomic mass is 35.5. The van der Waals surface area contributed by atoms with E-state index in [4.69, 9.17) is 11.6 Å². The molecule has 0 aliphatic rings. The molecule has 5 heteroatoms. The lowest BCUT2D eigenvalue weighted by molar-refractivity contribution is 1.04. The van der Waals surface area contributed by atoms with E-state index in [0.717, 1.165) is 11.4 Å². The first-order valence-corrected chi connectivity index (χ1v) is 4.61. The molecular weight excluding hydrogens is 200 g/mol. The fourth-order valence-electron chi connectivity index (χ4n) is 0.747. The minimum absolute atomic E-state index is 0.694. The number of hydrogen-bond donors (Lipinski definition) is 2. The predicted octanol–water partition coefficient (Wildman–Crippen LogP) is 2.40. The van der Waals surface area contributed by atoms with Gasteiger partial charge in [-0.2, -0.15) is 10.2 Å². The molecule has 0 aliphatic heterocycles. The molecule has 0 amide bonds. The topological polar surface area (TPSA) is 57.4 Å². The second-order valence-corrected chi connectivity index (χ2v) is 3.43. The van der Waals surface area contributed by atoms with Crippen LogP contribution in [-0.4, -0.2) is 20.4 Å². The lowest BCUT2D eigenvalue weighted by atomic mass is 10.3. The second kappa shape index (κ2) is 4.81. The lowest BCUT2D eigenvalue weighted by Crippen LogP contribution is -1.70. The third-order valence-corrected chi connectivity index (χ3v) is 2.23. The van der Waals surface area contributed by atoms with Crippen LogP contribution in [-0.2, 0) is 0 Å². The summed E-state index contributed by atoms with van der Waals surface area (Å²) in [6.07, 6.45) is 3.40. The zero-order valence-electron chi connectivity index (χ0n) is 8.43. The molecule has 2 N–H and O–H groups in total. The van der Waals surface area contributed by atoms with Gasteiger partial charge in [-0.15, -0.1) is 0 Å². The molecule has 4 nitrogen and oxygen atoms in total. The molecule has 76 valence electrons. The normalized spacial score (nSPS) is 9.43. The first-order chi connectivity index (χ1) is 6.61. The van der Waals surface area contributed by atoms with Gasteiger partial charge in [0.2, 0.25) is 0 Å². The number of aryl methyl sites for hydroxylation is 3. The fraction of sp³-hybridized carbons (Fsp3) is 0.333. The van der Waals surface area contributed by atoms with Crippen LogP contribution in [0.1, 0.15) is 17.0 Å². The molecule has 2 rings (SSSR count). The smallest absolute Gasteiger partial charge is 0.0812 e. The molecule has 0 unspecified atom stereocenters. The van der Waals surface area contributed by atoms with E-state index in [-0.39, 0.29) is 0 Å². The van der Waals surface area contributed by atoms with Crippen molar-refractivity contribution in [2.24, 2.45) is 0 Å². The molecular formula is C9H13ClN4. The van der Waals surface area contributed by atoms with Gasteiger partial charge in [0, 0.05) is 5.69 Å². The van der Waals surface area contributed by atoms with E-state index in [1.165, 1.54) is 5.56 Å². The quantitative estimate of drug-likeness (QED) is 0.705. The highest BCUT2D eigenvalue weighted by molar-refractivity contribution is 6.31. The molecule has 0 spiro atoms. The molecule has 0 aliphatic carbocycles. The minimum Gasteiger partial charge on any atom is -0.283 e. The maximum atomic E-state index is 5.53. The van der Waals surface area contributed by atoms with Gasteiger partial charge in [0.15, 0.2) is 0 Å². The summed E-state index contributed by atoms with van der Waals surface area (Å²) in [4.78, 5) is 0. The average molecular weight is 213 g/mol. The lowest BCUT2D eigenvalue weighted by Gasteiger charge is -1.78. The van der Waals surface area contributed by atoms with Crippen molar-refractivity contribution in [2.75, 3.05) is 0 Å². The van der Waals surface area contributed by atoms with Crippen LogP contribution in [0.4, 0.5) is 0 Å². The Hall–Kier alpha value is -1.29. The summed E-state index contributed by atoms with van der Waals surface area (Å²) in [6.45, 7) is 5.90. The van der Waals surface area contributed by atoms with Crippen LogP contribution in [0.2, 0.25) is 5.02 Å². The van der Waals surface area contributed by atoms with Crippen molar-refractivity contribution in [1.82, 2.24) is 20.4 Å². The van der Waals surface area contributed by atoms with Crippen LogP contribution >= 0.6 is 11.6 Å². The van der Waals surface area contributed by atoms with E-state index >= 15 is 0 Å². The maximum absolute atomic E-state index is 5.53. The first-order valence-electron chi connectivity index (χ1n) is 4.23. The minimum atomic E-state index is 0.694. The number of aromatic amines is 2. The zero-order chi connectivity index (χ0) is 10.6. The Balaban J connectivity index is 0.000000140. The van der Waals surface area contributed by atoms with E-state index in [9.17, 15) is 0 Å². The van der Waals surface area contributed by atoms with E-state index in [0.29, 0.717) is 5.02 Å². The summed E-state index contributed by atoms with van der Waals surface area (Å²) in [7, 11) is 0. The van der Waals surface area contributed by atoms with Crippen molar-refractivity contribution in [3.8, 4) is 0 Å². The van der Waals surface area contributed by atoms with Gasteiger partial charge < -0.3 is 0 Å². The zero-order valence-corrected chi connectivity index (χ0v) is 9.18. The molecule has 2 heterocycles. The summed E-state index contributed by atoms with van der Waals surface area (Å²) >= 11 is 5.53. The molecule has 0 fully saturated rings. The Morgan fingerprint density at radius 1 is 1.00 bits per heavy atom. The summed E-state index contributed by atoms with van der Waals surface area (Å²) in [6, 6.07) is 0. The highest BCUT2D eigenvalue weighted by Gasteiger charge is 1.90. The average Bonchev–Trinajstić information content (AvgIpc) is 2.67. The van der Waals surface area contributed by atoms with Gasteiger partial charge in [-0.1, -0.05) is 11.6 Å². The maximum Gasteiger partial charge on any atom is 0.0812 e. The number of aromatic nitrogens is 4. The van der Waals surface area contributed by atoms with Gasteiger partial charge in [-0.3, -0.25) is 10.2 Å². The first kappa shape index (κ1) is 10.8. The second-order valence-electron chi connectivity index (χ2n) is 3.02. The number of hydrogen-bond acceptors (Lipinski definition) is 2. The van der Waals surface area contributed by atoms with Gasteiger partial charge in [-0.05, 0) is 26.3 Å². The van der Waals surface area contributed by atoms with E-state index in [1.54, 1.807) is 6.20 Å². The Bertz CT molecular complexity index is 320. The number of rotatable bonds is 0. The molecule has 2 aromatic heterocycles. The van der Waals surface area contributed by atoms with Crippen molar-refractivity contribution in [3.05, 3.63) is 34.4 Å². The standard InChI is InChI=1S/C5H8N2.C4H5ClN2/c1-4-3-6-7-5(4)2;1-3-4(5)2-6-7-3/h3H,1-2H3,(H,6,7);2H,1H3,(H,6,7).